The molecule has 124 valence electrons. The van der Waals surface area contributed by atoms with Gasteiger partial charge in [0.15, 0.2) is 0 Å². The first-order chi connectivity index (χ1) is 10.9. The topological polar surface area (TPSA) is 78.5 Å². The standard InChI is InChI=1S/C16H20ClN3O3/c1-10(2)6-13-15(22)20(16(23)19-13)9-14(21)18-8-11-4-3-5-12(17)7-11/h3-5,7,10,13H,6,8-9H2,1-2H3,(H,18,21)(H,19,23). The molecule has 0 aromatic heterocycles. The lowest BCUT2D eigenvalue weighted by Gasteiger charge is -2.14. The molecule has 1 aromatic rings. The molecule has 1 aliphatic heterocycles. The van der Waals surface area contributed by atoms with Gasteiger partial charge in [-0.2, -0.15) is 0 Å². The lowest BCUT2D eigenvalue weighted by Crippen LogP contribution is -2.41. The molecule has 1 fully saturated rings. The summed E-state index contributed by atoms with van der Waals surface area (Å²) in [4.78, 5) is 36.9. The Morgan fingerprint density at radius 2 is 2.13 bits per heavy atom. The summed E-state index contributed by atoms with van der Waals surface area (Å²) in [6.07, 6.45) is 0.561. The van der Waals surface area contributed by atoms with E-state index in [0.717, 1.165) is 10.5 Å². The van der Waals surface area contributed by atoms with Crippen LogP contribution in [0.25, 0.3) is 0 Å². The van der Waals surface area contributed by atoms with Crippen LogP contribution in [0.3, 0.4) is 0 Å². The van der Waals surface area contributed by atoms with E-state index in [4.69, 9.17) is 11.6 Å². The molecule has 1 unspecified atom stereocenters. The van der Waals surface area contributed by atoms with Gasteiger partial charge in [-0.3, -0.25) is 14.5 Å². The predicted molar refractivity (Wildman–Crippen MR) is 86.8 cm³/mol. The monoisotopic (exact) mass is 337 g/mol. The molecule has 2 rings (SSSR count). The molecule has 0 radical (unpaired) electrons. The van der Waals surface area contributed by atoms with Crippen molar-refractivity contribution < 1.29 is 14.4 Å². The Balaban J connectivity index is 1.87. The van der Waals surface area contributed by atoms with E-state index in [9.17, 15) is 14.4 Å². The summed E-state index contributed by atoms with van der Waals surface area (Å²) in [5.41, 5.74) is 0.848. The molecule has 7 heteroatoms. The number of amides is 4. The lowest BCUT2D eigenvalue weighted by atomic mass is 10.0. The highest BCUT2D eigenvalue weighted by Gasteiger charge is 2.38. The molecule has 1 atom stereocenters. The Labute approximate surface area is 140 Å². The fourth-order valence-corrected chi connectivity index (χ4v) is 2.62. The van der Waals surface area contributed by atoms with Crippen molar-refractivity contribution in [2.24, 2.45) is 5.92 Å². The molecule has 2 N–H and O–H groups in total. The van der Waals surface area contributed by atoms with E-state index in [-0.39, 0.29) is 18.4 Å². The minimum absolute atomic E-state index is 0.278. The van der Waals surface area contributed by atoms with Gasteiger partial charge in [0.2, 0.25) is 5.91 Å². The number of halogens is 1. The molecule has 0 aliphatic carbocycles. The Morgan fingerprint density at radius 1 is 1.39 bits per heavy atom. The fraction of sp³-hybridized carbons (Fsp3) is 0.438. The second-order valence-corrected chi connectivity index (χ2v) is 6.40. The highest BCUT2D eigenvalue weighted by molar-refractivity contribution is 6.30. The molecule has 0 spiro atoms. The molecule has 1 aromatic carbocycles. The van der Waals surface area contributed by atoms with Crippen molar-refractivity contribution in [2.75, 3.05) is 6.54 Å². The van der Waals surface area contributed by atoms with Gasteiger partial charge in [-0.25, -0.2) is 4.79 Å². The second-order valence-electron chi connectivity index (χ2n) is 5.96. The van der Waals surface area contributed by atoms with Gasteiger partial charge in [0, 0.05) is 11.6 Å². The van der Waals surface area contributed by atoms with Crippen LogP contribution in [0.2, 0.25) is 5.02 Å². The van der Waals surface area contributed by atoms with Crippen LogP contribution < -0.4 is 10.6 Å². The second kappa shape index (κ2) is 7.46. The van der Waals surface area contributed by atoms with Gasteiger partial charge < -0.3 is 10.6 Å². The zero-order valence-electron chi connectivity index (χ0n) is 13.1. The molecule has 1 aliphatic rings. The summed E-state index contributed by atoms with van der Waals surface area (Å²) in [7, 11) is 0. The lowest BCUT2D eigenvalue weighted by molar-refractivity contribution is -0.132. The Kier molecular flexibility index (Phi) is 5.60. The van der Waals surface area contributed by atoms with Crippen molar-refractivity contribution in [3.8, 4) is 0 Å². The molecule has 4 amide bonds. The maximum atomic E-state index is 12.2. The Morgan fingerprint density at radius 3 is 2.78 bits per heavy atom. The van der Waals surface area contributed by atoms with E-state index in [2.05, 4.69) is 10.6 Å². The minimum atomic E-state index is -0.539. The summed E-state index contributed by atoms with van der Waals surface area (Å²) in [5, 5.41) is 5.88. The zero-order chi connectivity index (χ0) is 17.0. The molecular formula is C16H20ClN3O3. The summed E-state index contributed by atoms with van der Waals surface area (Å²) in [5.74, 6) is -0.457. The number of imide groups is 1. The third-order valence-corrected chi connectivity index (χ3v) is 3.73. The van der Waals surface area contributed by atoms with Crippen LogP contribution in [0, 0.1) is 5.92 Å². The number of hydrogen-bond acceptors (Lipinski definition) is 3. The Bertz CT molecular complexity index is 618. The van der Waals surface area contributed by atoms with Gasteiger partial charge in [-0.1, -0.05) is 37.6 Å². The van der Waals surface area contributed by atoms with Gasteiger partial charge >= 0.3 is 6.03 Å². The largest absolute Gasteiger partial charge is 0.350 e. The average Bonchev–Trinajstić information content (AvgIpc) is 2.72. The molecule has 1 saturated heterocycles. The van der Waals surface area contributed by atoms with Crippen LogP contribution >= 0.6 is 11.6 Å². The predicted octanol–water partition coefficient (Wildman–Crippen LogP) is 1.92. The average molecular weight is 338 g/mol. The van der Waals surface area contributed by atoms with Gasteiger partial charge in [0.05, 0.1) is 0 Å². The van der Waals surface area contributed by atoms with Crippen LogP contribution in [0.15, 0.2) is 24.3 Å². The van der Waals surface area contributed by atoms with Crippen LogP contribution in [0.5, 0.6) is 0 Å². The molecule has 6 nitrogen and oxygen atoms in total. The first kappa shape index (κ1) is 17.3. The Hall–Kier alpha value is -2.08. The highest BCUT2D eigenvalue weighted by Crippen LogP contribution is 2.14. The van der Waals surface area contributed by atoms with Gasteiger partial charge in [0.1, 0.15) is 12.6 Å². The molecular weight excluding hydrogens is 318 g/mol. The number of hydrogen-bond donors (Lipinski definition) is 2. The maximum Gasteiger partial charge on any atom is 0.325 e. The number of benzene rings is 1. The van der Waals surface area contributed by atoms with E-state index in [1.807, 2.05) is 19.9 Å². The van der Waals surface area contributed by atoms with Crippen molar-refractivity contribution in [3.63, 3.8) is 0 Å². The van der Waals surface area contributed by atoms with E-state index in [1.165, 1.54) is 0 Å². The number of rotatable bonds is 6. The van der Waals surface area contributed by atoms with E-state index < -0.39 is 18.0 Å². The van der Waals surface area contributed by atoms with Crippen molar-refractivity contribution in [1.82, 2.24) is 15.5 Å². The van der Waals surface area contributed by atoms with Crippen molar-refractivity contribution >= 4 is 29.4 Å². The summed E-state index contributed by atoms with van der Waals surface area (Å²) < 4.78 is 0. The summed E-state index contributed by atoms with van der Waals surface area (Å²) in [6.45, 7) is 3.96. The van der Waals surface area contributed by atoms with E-state index in [0.29, 0.717) is 18.0 Å². The van der Waals surface area contributed by atoms with Crippen LogP contribution in [-0.4, -0.2) is 35.3 Å². The third-order valence-electron chi connectivity index (χ3n) is 3.49. The number of urea groups is 1. The van der Waals surface area contributed by atoms with Gasteiger partial charge in [0.25, 0.3) is 5.91 Å². The van der Waals surface area contributed by atoms with Crippen LogP contribution in [0.4, 0.5) is 4.79 Å². The minimum Gasteiger partial charge on any atom is -0.350 e. The fourth-order valence-electron chi connectivity index (χ4n) is 2.40. The first-order valence-corrected chi connectivity index (χ1v) is 7.87. The first-order valence-electron chi connectivity index (χ1n) is 7.50. The SMILES string of the molecule is CC(C)CC1NC(=O)N(CC(=O)NCc2cccc(Cl)c2)C1=O. The van der Waals surface area contributed by atoms with Gasteiger partial charge in [-0.15, -0.1) is 0 Å². The maximum absolute atomic E-state index is 12.2. The number of carbonyl (C=O) groups excluding carboxylic acids is 3. The van der Waals surface area contributed by atoms with Crippen LogP contribution in [-0.2, 0) is 16.1 Å². The highest BCUT2D eigenvalue weighted by atomic mass is 35.5. The summed E-state index contributed by atoms with van der Waals surface area (Å²) in [6, 6.07) is 6.06. The number of carbonyl (C=O) groups is 3. The van der Waals surface area contributed by atoms with Crippen LogP contribution in [0.1, 0.15) is 25.8 Å². The van der Waals surface area contributed by atoms with E-state index in [1.54, 1.807) is 18.2 Å². The molecule has 23 heavy (non-hydrogen) atoms. The van der Waals surface area contributed by atoms with Gasteiger partial charge in [-0.05, 0) is 30.0 Å². The third kappa shape index (κ3) is 4.69. The number of nitrogens with zero attached hydrogens (tertiary/aromatic N) is 1. The molecule has 0 bridgehead atoms. The zero-order valence-corrected chi connectivity index (χ0v) is 13.9. The molecule has 0 saturated carbocycles. The normalized spacial score (nSPS) is 17.6. The van der Waals surface area contributed by atoms with Crippen molar-refractivity contribution in [1.29, 1.82) is 0 Å². The quantitative estimate of drug-likeness (QED) is 0.778. The smallest absolute Gasteiger partial charge is 0.325 e. The van der Waals surface area contributed by atoms with E-state index >= 15 is 0 Å². The molecule has 1 heterocycles. The van der Waals surface area contributed by atoms with Crippen molar-refractivity contribution in [3.05, 3.63) is 34.9 Å². The number of nitrogens with one attached hydrogen (secondary N) is 2. The summed E-state index contributed by atoms with van der Waals surface area (Å²) >= 11 is 5.87. The van der Waals surface area contributed by atoms with Crippen molar-refractivity contribution in [2.45, 2.75) is 32.9 Å².